The van der Waals surface area contributed by atoms with E-state index >= 15 is 0 Å². The molecule has 1 saturated heterocycles. The van der Waals surface area contributed by atoms with Gasteiger partial charge >= 0.3 is 5.69 Å². The van der Waals surface area contributed by atoms with Gasteiger partial charge in [0.05, 0.1) is 6.54 Å². The van der Waals surface area contributed by atoms with Gasteiger partial charge in [-0.1, -0.05) is 6.42 Å². The number of hydrogen-bond acceptors (Lipinski definition) is 5. The van der Waals surface area contributed by atoms with Crippen LogP contribution in [-0.4, -0.2) is 75.2 Å². The molecule has 9 nitrogen and oxygen atoms in total. The van der Waals surface area contributed by atoms with Crippen LogP contribution in [-0.2, 0) is 29.1 Å². The molecule has 0 atom stereocenters. The van der Waals surface area contributed by atoms with Crippen LogP contribution in [0.3, 0.4) is 0 Å². The summed E-state index contributed by atoms with van der Waals surface area (Å²) in [6.45, 7) is 6.04. The first-order valence-corrected chi connectivity index (χ1v) is 9.52. The Morgan fingerprint density at radius 2 is 1.81 bits per heavy atom. The van der Waals surface area contributed by atoms with Crippen molar-refractivity contribution in [2.24, 2.45) is 0 Å². The molecule has 2 amide bonds. The molecule has 0 radical (unpaired) electrons. The highest BCUT2D eigenvalue weighted by atomic mass is 16.2. The fraction of sp³-hybridized carbons (Fsp3) is 0.765. The van der Waals surface area contributed by atoms with Crippen LogP contribution in [0.2, 0.25) is 0 Å². The molecule has 0 bridgehead atoms. The molecule has 144 valence electrons. The second kappa shape index (κ2) is 8.48. The number of carbonyl (C=O) groups excluding carboxylic acids is 2. The van der Waals surface area contributed by atoms with Gasteiger partial charge in [0, 0.05) is 45.7 Å². The quantitative estimate of drug-likeness (QED) is 0.727. The van der Waals surface area contributed by atoms with E-state index in [2.05, 4.69) is 10.4 Å². The van der Waals surface area contributed by atoms with E-state index in [0.717, 1.165) is 31.5 Å². The summed E-state index contributed by atoms with van der Waals surface area (Å²) in [5.74, 6) is 0.725. The van der Waals surface area contributed by atoms with E-state index in [-0.39, 0.29) is 24.0 Å². The summed E-state index contributed by atoms with van der Waals surface area (Å²) >= 11 is 0. The van der Waals surface area contributed by atoms with Gasteiger partial charge in [0.2, 0.25) is 11.8 Å². The minimum atomic E-state index is -0.176. The maximum absolute atomic E-state index is 12.6. The number of carbonyl (C=O) groups is 2. The molecule has 3 heterocycles. The number of amides is 2. The van der Waals surface area contributed by atoms with Crippen LogP contribution in [0.4, 0.5) is 0 Å². The summed E-state index contributed by atoms with van der Waals surface area (Å²) in [5.41, 5.74) is -0.176. The second-order valence-electron chi connectivity index (χ2n) is 6.93. The van der Waals surface area contributed by atoms with Gasteiger partial charge in [-0.15, -0.1) is 0 Å². The molecule has 0 spiro atoms. The maximum Gasteiger partial charge on any atom is 0.346 e. The average Bonchev–Trinajstić information content (AvgIpc) is 2.79. The number of aromatic nitrogens is 3. The number of piperazine rings is 1. The van der Waals surface area contributed by atoms with Gasteiger partial charge in [-0.25, -0.2) is 9.48 Å². The number of nitrogens with one attached hydrogen (secondary N) is 1. The Labute approximate surface area is 152 Å². The first-order valence-electron chi connectivity index (χ1n) is 9.52. The Morgan fingerprint density at radius 3 is 2.54 bits per heavy atom. The Hall–Kier alpha value is -2.16. The molecular formula is C17H28N6O3. The summed E-state index contributed by atoms with van der Waals surface area (Å²) in [7, 11) is 0. The fourth-order valence-corrected chi connectivity index (χ4v) is 3.57. The highest BCUT2D eigenvalue weighted by Gasteiger charge is 2.24. The lowest BCUT2D eigenvalue weighted by molar-refractivity contribution is -0.134. The average molecular weight is 364 g/mol. The zero-order valence-electron chi connectivity index (χ0n) is 15.4. The topological polar surface area (TPSA) is 92.5 Å². The van der Waals surface area contributed by atoms with E-state index in [9.17, 15) is 14.4 Å². The number of rotatable bonds is 5. The zero-order chi connectivity index (χ0) is 18.5. The lowest BCUT2D eigenvalue weighted by atomic mass is 10.2. The minimum absolute atomic E-state index is 0.00481. The van der Waals surface area contributed by atoms with Crippen LogP contribution in [0, 0.1) is 0 Å². The number of aryl methyl sites for hydroxylation is 1. The maximum atomic E-state index is 12.6. The highest BCUT2D eigenvalue weighted by molar-refractivity contribution is 5.78. The van der Waals surface area contributed by atoms with Crippen molar-refractivity contribution in [1.29, 1.82) is 0 Å². The predicted octanol–water partition coefficient (Wildman–Crippen LogP) is -0.948. The Balaban J connectivity index is 1.54. The van der Waals surface area contributed by atoms with E-state index < -0.39 is 0 Å². The lowest BCUT2D eigenvalue weighted by Crippen LogP contribution is -2.52. The smallest absolute Gasteiger partial charge is 0.346 e. The van der Waals surface area contributed by atoms with E-state index in [1.807, 2.05) is 11.8 Å². The van der Waals surface area contributed by atoms with Crippen molar-refractivity contribution in [2.45, 2.75) is 45.7 Å². The molecule has 0 aliphatic carbocycles. The van der Waals surface area contributed by atoms with Crippen molar-refractivity contribution < 1.29 is 9.59 Å². The molecule has 3 rings (SSSR count). The Kier molecular flexibility index (Phi) is 6.08. The van der Waals surface area contributed by atoms with Crippen LogP contribution in [0.1, 0.15) is 32.0 Å². The van der Waals surface area contributed by atoms with Crippen LogP contribution in [0.15, 0.2) is 4.79 Å². The largest absolute Gasteiger partial charge is 0.355 e. The molecule has 1 aromatic rings. The van der Waals surface area contributed by atoms with Crippen LogP contribution in [0.25, 0.3) is 0 Å². The number of hydrogen-bond donors (Lipinski definition) is 1. The van der Waals surface area contributed by atoms with Crippen LogP contribution < -0.4 is 11.0 Å². The first-order chi connectivity index (χ1) is 12.6. The lowest BCUT2D eigenvalue weighted by Gasteiger charge is -2.34. The standard InChI is InChI=1S/C17H28N6O3/c1-2-18-15(24)12-20-8-10-21(11-9-20)16(25)13-23-17(26)22-7-5-3-4-6-14(22)19-23/h2-13H2,1H3,(H,18,24). The van der Waals surface area contributed by atoms with Gasteiger partial charge in [-0.2, -0.15) is 5.10 Å². The van der Waals surface area contributed by atoms with E-state index in [4.69, 9.17) is 0 Å². The minimum Gasteiger partial charge on any atom is -0.355 e. The molecule has 9 heteroatoms. The van der Waals surface area contributed by atoms with E-state index in [1.165, 1.54) is 4.68 Å². The Morgan fingerprint density at radius 1 is 1.04 bits per heavy atom. The third-order valence-corrected chi connectivity index (χ3v) is 5.03. The van der Waals surface area contributed by atoms with Crippen molar-refractivity contribution in [3.63, 3.8) is 0 Å². The molecule has 0 unspecified atom stereocenters. The molecule has 0 saturated carbocycles. The number of fused-ring (bicyclic) bond motifs is 1. The van der Waals surface area contributed by atoms with Crippen LogP contribution >= 0.6 is 0 Å². The number of nitrogens with zero attached hydrogens (tertiary/aromatic N) is 5. The van der Waals surface area contributed by atoms with Crippen LogP contribution in [0.5, 0.6) is 0 Å². The van der Waals surface area contributed by atoms with Gasteiger partial charge < -0.3 is 10.2 Å². The normalized spacial score (nSPS) is 18.3. The molecular weight excluding hydrogens is 336 g/mol. The van der Waals surface area contributed by atoms with Crippen molar-refractivity contribution in [2.75, 3.05) is 39.3 Å². The first kappa shape index (κ1) is 18.6. The number of likely N-dealkylation sites (N-methyl/N-ethyl adjacent to an activating group) is 1. The SMILES string of the molecule is CCNC(=O)CN1CCN(C(=O)Cn2nc3n(c2=O)CCCCC3)CC1. The molecule has 0 aromatic carbocycles. The molecule has 2 aliphatic rings. The van der Waals surface area contributed by atoms with Gasteiger partial charge in [-0.05, 0) is 19.8 Å². The fourth-order valence-electron chi connectivity index (χ4n) is 3.57. The molecule has 1 fully saturated rings. The molecule has 1 N–H and O–H groups in total. The second-order valence-corrected chi connectivity index (χ2v) is 6.93. The van der Waals surface area contributed by atoms with Crippen molar-refractivity contribution in [3.05, 3.63) is 16.3 Å². The molecule has 1 aromatic heterocycles. The highest BCUT2D eigenvalue weighted by Crippen LogP contribution is 2.10. The van der Waals surface area contributed by atoms with Crippen molar-refractivity contribution in [3.8, 4) is 0 Å². The summed E-state index contributed by atoms with van der Waals surface area (Å²) in [5, 5.41) is 7.16. The van der Waals surface area contributed by atoms with Gasteiger partial charge in [-0.3, -0.25) is 19.1 Å². The van der Waals surface area contributed by atoms with Crippen molar-refractivity contribution in [1.82, 2.24) is 29.5 Å². The summed E-state index contributed by atoms with van der Waals surface area (Å²) in [6.07, 6.45) is 3.94. The summed E-state index contributed by atoms with van der Waals surface area (Å²) in [4.78, 5) is 40.5. The Bertz CT molecular complexity index is 702. The van der Waals surface area contributed by atoms with Crippen molar-refractivity contribution >= 4 is 11.8 Å². The van der Waals surface area contributed by atoms with E-state index in [1.54, 1.807) is 9.47 Å². The molecule has 26 heavy (non-hydrogen) atoms. The third kappa shape index (κ3) is 4.32. The van der Waals surface area contributed by atoms with Gasteiger partial charge in [0.1, 0.15) is 12.4 Å². The third-order valence-electron chi connectivity index (χ3n) is 5.03. The van der Waals surface area contributed by atoms with Gasteiger partial charge in [0.15, 0.2) is 0 Å². The monoisotopic (exact) mass is 364 g/mol. The summed E-state index contributed by atoms with van der Waals surface area (Å²) in [6, 6.07) is 0. The van der Waals surface area contributed by atoms with E-state index in [0.29, 0.717) is 45.8 Å². The predicted molar refractivity (Wildman–Crippen MR) is 95.7 cm³/mol. The molecule has 2 aliphatic heterocycles. The zero-order valence-corrected chi connectivity index (χ0v) is 15.4. The van der Waals surface area contributed by atoms with Gasteiger partial charge in [0.25, 0.3) is 0 Å². The summed E-state index contributed by atoms with van der Waals surface area (Å²) < 4.78 is 3.02.